The summed E-state index contributed by atoms with van der Waals surface area (Å²) in [5.74, 6) is 0.205. The number of carbonyl (C=O) groups is 1. The van der Waals surface area contributed by atoms with Crippen LogP contribution in [-0.2, 0) is 10.3 Å². The molecule has 1 atom stereocenters. The standard InChI is InChI=1S/C16H23N3O/c1-13(2)12-19(11-7-10-17)15(20)16(3,18)14-8-5-4-6-9-14/h4-6,8-9,13H,7,11-12,18H2,1-3H3. The van der Waals surface area contributed by atoms with E-state index in [0.29, 0.717) is 25.4 Å². The molecule has 1 unspecified atom stereocenters. The van der Waals surface area contributed by atoms with Gasteiger partial charge in [0, 0.05) is 13.1 Å². The Balaban J connectivity index is 2.95. The van der Waals surface area contributed by atoms with Gasteiger partial charge >= 0.3 is 0 Å². The van der Waals surface area contributed by atoms with Gasteiger partial charge in [-0.2, -0.15) is 5.26 Å². The topological polar surface area (TPSA) is 70.1 Å². The number of nitrogens with zero attached hydrogens (tertiary/aromatic N) is 2. The first-order valence-corrected chi connectivity index (χ1v) is 6.90. The SMILES string of the molecule is CC(C)CN(CCC#N)C(=O)C(C)(N)c1ccccc1. The molecule has 0 spiro atoms. The van der Waals surface area contributed by atoms with E-state index in [1.165, 1.54) is 0 Å². The van der Waals surface area contributed by atoms with Gasteiger partial charge < -0.3 is 10.6 Å². The number of benzene rings is 1. The molecule has 108 valence electrons. The van der Waals surface area contributed by atoms with Gasteiger partial charge in [-0.25, -0.2) is 0 Å². The zero-order chi connectivity index (χ0) is 15.2. The van der Waals surface area contributed by atoms with Crippen LogP contribution in [0.1, 0.15) is 32.8 Å². The van der Waals surface area contributed by atoms with Crippen molar-refractivity contribution in [3.8, 4) is 6.07 Å². The third-order valence-electron chi connectivity index (χ3n) is 3.18. The molecule has 1 amide bonds. The summed E-state index contributed by atoms with van der Waals surface area (Å²) in [7, 11) is 0. The molecule has 4 nitrogen and oxygen atoms in total. The van der Waals surface area contributed by atoms with E-state index in [1.807, 2.05) is 44.2 Å². The molecule has 0 fully saturated rings. The predicted molar refractivity (Wildman–Crippen MR) is 79.6 cm³/mol. The van der Waals surface area contributed by atoms with Gasteiger partial charge in [0.2, 0.25) is 5.91 Å². The number of nitrogens with two attached hydrogens (primary N) is 1. The molecular formula is C16H23N3O. The van der Waals surface area contributed by atoms with E-state index >= 15 is 0 Å². The predicted octanol–water partition coefficient (Wildman–Crippen LogP) is 2.26. The van der Waals surface area contributed by atoms with Crippen LogP contribution in [0.3, 0.4) is 0 Å². The van der Waals surface area contributed by atoms with E-state index < -0.39 is 5.54 Å². The van der Waals surface area contributed by atoms with Crippen molar-refractivity contribution >= 4 is 5.91 Å². The summed E-state index contributed by atoms with van der Waals surface area (Å²) in [4.78, 5) is 14.4. The molecule has 0 bridgehead atoms. The average Bonchev–Trinajstić information content (AvgIpc) is 2.43. The molecule has 1 rings (SSSR count). The summed E-state index contributed by atoms with van der Waals surface area (Å²) in [6, 6.07) is 11.4. The molecule has 0 aromatic heterocycles. The maximum atomic E-state index is 12.7. The monoisotopic (exact) mass is 273 g/mol. The van der Waals surface area contributed by atoms with E-state index in [2.05, 4.69) is 6.07 Å². The highest BCUT2D eigenvalue weighted by atomic mass is 16.2. The number of nitriles is 1. The second-order valence-corrected chi connectivity index (χ2v) is 5.62. The van der Waals surface area contributed by atoms with Crippen molar-refractivity contribution < 1.29 is 4.79 Å². The quantitative estimate of drug-likeness (QED) is 0.864. The minimum absolute atomic E-state index is 0.132. The van der Waals surface area contributed by atoms with Crippen LogP contribution in [0.25, 0.3) is 0 Å². The van der Waals surface area contributed by atoms with Gasteiger partial charge in [0.15, 0.2) is 0 Å². The Hall–Kier alpha value is -1.86. The molecule has 1 aromatic carbocycles. The van der Waals surface area contributed by atoms with E-state index in [1.54, 1.807) is 11.8 Å². The molecule has 2 N–H and O–H groups in total. The highest BCUT2D eigenvalue weighted by Crippen LogP contribution is 2.21. The van der Waals surface area contributed by atoms with Gasteiger partial charge in [-0.05, 0) is 18.4 Å². The van der Waals surface area contributed by atoms with Crippen molar-refractivity contribution in [3.05, 3.63) is 35.9 Å². The average molecular weight is 273 g/mol. The van der Waals surface area contributed by atoms with Gasteiger partial charge in [0.1, 0.15) is 5.54 Å². The van der Waals surface area contributed by atoms with Crippen LogP contribution in [0, 0.1) is 17.2 Å². The van der Waals surface area contributed by atoms with Crippen molar-refractivity contribution in [2.24, 2.45) is 11.7 Å². The van der Waals surface area contributed by atoms with Gasteiger partial charge in [-0.1, -0.05) is 44.2 Å². The van der Waals surface area contributed by atoms with E-state index in [4.69, 9.17) is 11.0 Å². The van der Waals surface area contributed by atoms with Crippen molar-refractivity contribution in [3.63, 3.8) is 0 Å². The fourth-order valence-corrected chi connectivity index (χ4v) is 2.14. The number of carbonyl (C=O) groups excluding carboxylic acids is 1. The summed E-state index contributed by atoms with van der Waals surface area (Å²) in [6.07, 6.45) is 0.323. The molecule has 0 saturated heterocycles. The first-order valence-electron chi connectivity index (χ1n) is 6.90. The summed E-state index contributed by atoms with van der Waals surface area (Å²) >= 11 is 0. The van der Waals surface area contributed by atoms with Gasteiger partial charge in [-0.3, -0.25) is 4.79 Å². The Labute approximate surface area is 121 Å². The zero-order valence-corrected chi connectivity index (χ0v) is 12.5. The minimum atomic E-state index is -1.06. The lowest BCUT2D eigenvalue weighted by Crippen LogP contribution is -2.52. The van der Waals surface area contributed by atoms with Crippen LogP contribution in [0.2, 0.25) is 0 Å². The van der Waals surface area contributed by atoms with Gasteiger partial charge in [0.05, 0.1) is 12.5 Å². The third-order valence-corrected chi connectivity index (χ3v) is 3.18. The zero-order valence-electron chi connectivity index (χ0n) is 12.5. The first-order chi connectivity index (χ1) is 9.39. The Kier molecular flexibility index (Phi) is 5.72. The van der Waals surface area contributed by atoms with Crippen LogP contribution in [0.4, 0.5) is 0 Å². The number of rotatable bonds is 6. The molecule has 0 aliphatic carbocycles. The fourth-order valence-electron chi connectivity index (χ4n) is 2.14. The maximum absolute atomic E-state index is 12.7. The normalized spacial score (nSPS) is 13.6. The molecule has 0 aliphatic rings. The number of hydrogen-bond donors (Lipinski definition) is 1. The molecule has 0 heterocycles. The Morgan fingerprint density at radius 3 is 2.50 bits per heavy atom. The van der Waals surface area contributed by atoms with Crippen molar-refractivity contribution in [1.82, 2.24) is 4.90 Å². The largest absolute Gasteiger partial charge is 0.340 e. The highest BCUT2D eigenvalue weighted by molar-refractivity contribution is 5.87. The second-order valence-electron chi connectivity index (χ2n) is 5.62. The smallest absolute Gasteiger partial charge is 0.247 e. The molecular weight excluding hydrogens is 250 g/mol. The van der Waals surface area contributed by atoms with E-state index in [0.717, 1.165) is 5.56 Å². The maximum Gasteiger partial charge on any atom is 0.247 e. The summed E-state index contributed by atoms with van der Waals surface area (Å²) in [6.45, 7) is 6.85. The summed E-state index contributed by atoms with van der Waals surface area (Å²) < 4.78 is 0. The second kappa shape index (κ2) is 7.06. The fraction of sp³-hybridized carbons (Fsp3) is 0.500. The van der Waals surface area contributed by atoms with Crippen LogP contribution < -0.4 is 5.73 Å². The number of hydrogen-bond acceptors (Lipinski definition) is 3. The molecule has 20 heavy (non-hydrogen) atoms. The van der Waals surface area contributed by atoms with Crippen LogP contribution in [-0.4, -0.2) is 23.9 Å². The molecule has 1 aromatic rings. The molecule has 0 aliphatic heterocycles. The summed E-state index contributed by atoms with van der Waals surface area (Å²) in [5.41, 5.74) is 5.98. The van der Waals surface area contributed by atoms with E-state index in [9.17, 15) is 4.79 Å². The highest BCUT2D eigenvalue weighted by Gasteiger charge is 2.34. The molecule has 0 radical (unpaired) electrons. The van der Waals surface area contributed by atoms with Gasteiger partial charge in [-0.15, -0.1) is 0 Å². The Bertz CT molecular complexity index is 474. The van der Waals surface area contributed by atoms with E-state index in [-0.39, 0.29) is 5.91 Å². The minimum Gasteiger partial charge on any atom is -0.340 e. The molecule has 0 saturated carbocycles. The van der Waals surface area contributed by atoms with Crippen molar-refractivity contribution in [2.75, 3.05) is 13.1 Å². The third kappa shape index (κ3) is 4.07. The number of amides is 1. The van der Waals surface area contributed by atoms with Gasteiger partial charge in [0.25, 0.3) is 0 Å². The summed E-state index contributed by atoms with van der Waals surface area (Å²) in [5, 5.41) is 8.73. The Morgan fingerprint density at radius 1 is 1.40 bits per heavy atom. The lowest BCUT2D eigenvalue weighted by molar-refractivity contribution is -0.137. The lowest BCUT2D eigenvalue weighted by Gasteiger charge is -2.32. The van der Waals surface area contributed by atoms with Crippen LogP contribution in [0.15, 0.2) is 30.3 Å². The van der Waals surface area contributed by atoms with Crippen LogP contribution in [0.5, 0.6) is 0 Å². The first kappa shape index (κ1) is 16.2. The Morgan fingerprint density at radius 2 is 2.00 bits per heavy atom. The van der Waals surface area contributed by atoms with Crippen molar-refractivity contribution in [1.29, 1.82) is 5.26 Å². The van der Waals surface area contributed by atoms with Crippen LogP contribution >= 0.6 is 0 Å². The lowest BCUT2D eigenvalue weighted by atomic mass is 9.91. The molecule has 4 heteroatoms. The van der Waals surface area contributed by atoms with Crippen molar-refractivity contribution in [2.45, 2.75) is 32.7 Å².